The van der Waals surface area contributed by atoms with Crippen molar-refractivity contribution in [1.82, 2.24) is 10.6 Å². The third-order valence-electron chi connectivity index (χ3n) is 3.79. The molecule has 1 amide bonds. The summed E-state index contributed by atoms with van der Waals surface area (Å²) < 4.78 is 0. The van der Waals surface area contributed by atoms with Gasteiger partial charge in [-0.25, -0.2) is 0 Å². The van der Waals surface area contributed by atoms with Crippen LogP contribution in [0.3, 0.4) is 0 Å². The summed E-state index contributed by atoms with van der Waals surface area (Å²) in [6, 6.07) is 6.88. The number of hydrogen-bond acceptors (Lipinski definition) is 3. The van der Waals surface area contributed by atoms with E-state index in [-0.39, 0.29) is 11.7 Å². The number of hydrogen-bond donors (Lipinski definition) is 2. The molecule has 0 saturated carbocycles. The Morgan fingerprint density at radius 2 is 1.95 bits per heavy atom. The Balaban J connectivity index is 1.81. The molecule has 0 bridgehead atoms. The summed E-state index contributed by atoms with van der Waals surface area (Å²) in [6.07, 6.45) is 2.70. The summed E-state index contributed by atoms with van der Waals surface area (Å²) in [5.74, 6) is 0.719. The minimum atomic E-state index is -0.0635. The summed E-state index contributed by atoms with van der Waals surface area (Å²) in [5.41, 5.74) is 1.28. The lowest BCUT2D eigenvalue weighted by Gasteiger charge is -2.09. The van der Waals surface area contributed by atoms with Crippen molar-refractivity contribution in [2.45, 2.75) is 26.2 Å². The summed E-state index contributed by atoms with van der Waals surface area (Å²) in [7, 11) is 0. The summed E-state index contributed by atoms with van der Waals surface area (Å²) in [5, 5.41) is 6.26. The molecule has 1 aliphatic heterocycles. The van der Waals surface area contributed by atoms with Gasteiger partial charge in [-0.3, -0.25) is 9.59 Å². The van der Waals surface area contributed by atoms with Crippen LogP contribution in [0.2, 0.25) is 0 Å². The largest absolute Gasteiger partial charge is 0.352 e. The van der Waals surface area contributed by atoms with E-state index in [4.69, 9.17) is 0 Å². The fourth-order valence-electron chi connectivity index (χ4n) is 2.46. The van der Waals surface area contributed by atoms with Crippen LogP contribution in [0, 0.1) is 5.92 Å². The number of carbonyl (C=O) groups is 2. The van der Waals surface area contributed by atoms with Gasteiger partial charge in [0, 0.05) is 24.1 Å². The van der Waals surface area contributed by atoms with Gasteiger partial charge in [0.25, 0.3) is 5.91 Å². The Kier molecular flexibility index (Phi) is 5.30. The number of benzene rings is 1. The van der Waals surface area contributed by atoms with Crippen molar-refractivity contribution >= 4 is 11.7 Å². The second kappa shape index (κ2) is 7.20. The highest BCUT2D eigenvalue weighted by molar-refractivity contribution is 5.98. The molecule has 1 unspecified atom stereocenters. The van der Waals surface area contributed by atoms with Crippen molar-refractivity contribution in [2.24, 2.45) is 5.92 Å². The normalized spacial score (nSPS) is 17.9. The van der Waals surface area contributed by atoms with E-state index < -0.39 is 0 Å². The van der Waals surface area contributed by atoms with E-state index in [1.54, 1.807) is 24.3 Å². The maximum absolute atomic E-state index is 12.0. The third-order valence-corrected chi connectivity index (χ3v) is 3.79. The fourth-order valence-corrected chi connectivity index (χ4v) is 2.46. The molecular weight excluding hydrogens is 252 g/mol. The van der Waals surface area contributed by atoms with Gasteiger partial charge in [0.2, 0.25) is 0 Å². The monoisotopic (exact) mass is 274 g/mol. The van der Waals surface area contributed by atoms with Gasteiger partial charge in [-0.2, -0.15) is 0 Å². The number of rotatable bonds is 6. The van der Waals surface area contributed by atoms with Crippen molar-refractivity contribution < 1.29 is 9.59 Å². The van der Waals surface area contributed by atoms with Crippen LogP contribution in [-0.2, 0) is 0 Å². The lowest BCUT2D eigenvalue weighted by molar-refractivity contribution is 0.0948. The number of carbonyl (C=O) groups excluding carboxylic acids is 2. The molecule has 4 heteroatoms. The molecule has 108 valence electrons. The molecule has 20 heavy (non-hydrogen) atoms. The lowest BCUT2D eigenvalue weighted by Crippen LogP contribution is -2.26. The van der Waals surface area contributed by atoms with E-state index >= 15 is 0 Å². The number of amides is 1. The Hall–Kier alpha value is -1.68. The van der Waals surface area contributed by atoms with Gasteiger partial charge >= 0.3 is 0 Å². The van der Waals surface area contributed by atoms with Crippen molar-refractivity contribution in [3.05, 3.63) is 35.4 Å². The van der Waals surface area contributed by atoms with E-state index in [9.17, 15) is 9.59 Å². The first kappa shape index (κ1) is 14.7. The smallest absolute Gasteiger partial charge is 0.251 e. The number of Topliss-reactive ketones (excluding diaryl/α,β-unsaturated/α-hetero) is 1. The molecule has 0 spiro atoms. The average Bonchev–Trinajstić information content (AvgIpc) is 2.99. The zero-order valence-corrected chi connectivity index (χ0v) is 11.9. The highest BCUT2D eigenvalue weighted by Gasteiger charge is 2.14. The zero-order chi connectivity index (χ0) is 14.4. The second-order valence-electron chi connectivity index (χ2n) is 5.26. The molecule has 2 N–H and O–H groups in total. The highest BCUT2D eigenvalue weighted by atomic mass is 16.1. The predicted octanol–water partition coefficient (Wildman–Crippen LogP) is 2.01. The first-order valence-corrected chi connectivity index (χ1v) is 7.33. The molecule has 1 aromatic carbocycles. The van der Waals surface area contributed by atoms with E-state index in [0.717, 1.165) is 19.5 Å². The van der Waals surface area contributed by atoms with Crippen LogP contribution >= 0.6 is 0 Å². The van der Waals surface area contributed by atoms with Gasteiger partial charge in [-0.15, -0.1) is 0 Å². The Morgan fingerprint density at radius 1 is 1.25 bits per heavy atom. The molecule has 1 fully saturated rings. The van der Waals surface area contributed by atoms with Gasteiger partial charge in [-0.1, -0.05) is 19.1 Å². The van der Waals surface area contributed by atoms with Gasteiger partial charge in [0.1, 0.15) is 0 Å². The van der Waals surface area contributed by atoms with Crippen molar-refractivity contribution in [1.29, 1.82) is 0 Å². The van der Waals surface area contributed by atoms with Gasteiger partial charge in [0.05, 0.1) is 0 Å². The van der Waals surface area contributed by atoms with Crippen molar-refractivity contribution in [2.75, 3.05) is 19.6 Å². The van der Waals surface area contributed by atoms with Gasteiger partial charge < -0.3 is 10.6 Å². The topological polar surface area (TPSA) is 58.2 Å². The molecule has 2 rings (SSSR count). The fraction of sp³-hybridized carbons (Fsp3) is 0.500. The highest BCUT2D eigenvalue weighted by Crippen LogP contribution is 2.11. The molecule has 1 atom stereocenters. The molecule has 0 radical (unpaired) electrons. The summed E-state index contributed by atoms with van der Waals surface area (Å²) in [6.45, 7) is 4.69. The minimum Gasteiger partial charge on any atom is -0.352 e. The standard InChI is InChI=1S/C16H22N2O2/c1-2-15(19)13-3-5-14(6-4-13)16(20)18-10-8-12-7-9-17-11-12/h3-6,12,17H,2,7-11H2,1H3,(H,18,20). The quantitative estimate of drug-likeness (QED) is 0.780. The van der Waals surface area contributed by atoms with E-state index in [1.165, 1.54) is 6.42 Å². The molecule has 4 nitrogen and oxygen atoms in total. The Labute approximate surface area is 119 Å². The van der Waals surface area contributed by atoms with Crippen molar-refractivity contribution in [3.63, 3.8) is 0 Å². The first-order chi connectivity index (χ1) is 9.70. The lowest BCUT2D eigenvalue weighted by atomic mass is 10.0. The molecule has 0 aliphatic carbocycles. The zero-order valence-electron chi connectivity index (χ0n) is 11.9. The van der Waals surface area contributed by atoms with E-state index in [1.807, 2.05) is 6.92 Å². The van der Waals surface area contributed by atoms with Crippen LogP contribution in [0.4, 0.5) is 0 Å². The van der Waals surface area contributed by atoms with Crippen molar-refractivity contribution in [3.8, 4) is 0 Å². The SMILES string of the molecule is CCC(=O)c1ccc(C(=O)NCCC2CCNC2)cc1. The first-order valence-electron chi connectivity index (χ1n) is 7.33. The number of ketones is 1. The van der Waals surface area contributed by atoms with Crippen LogP contribution in [0.1, 0.15) is 46.9 Å². The summed E-state index contributed by atoms with van der Waals surface area (Å²) >= 11 is 0. The summed E-state index contributed by atoms with van der Waals surface area (Å²) in [4.78, 5) is 23.5. The van der Waals surface area contributed by atoms with E-state index in [0.29, 0.717) is 30.0 Å². The molecule has 0 aromatic heterocycles. The molecule has 1 aliphatic rings. The molecule has 1 aromatic rings. The van der Waals surface area contributed by atoms with E-state index in [2.05, 4.69) is 10.6 Å². The van der Waals surface area contributed by atoms with Gasteiger partial charge in [0.15, 0.2) is 5.78 Å². The third kappa shape index (κ3) is 3.90. The maximum atomic E-state index is 12.0. The Bertz CT molecular complexity index is 462. The van der Waals surface area contributed by atoms with Crippen LogP contribution < -0.4 is 10.6 Å². The second-order valence-corrected chi connectivity index (χ2v) is 5.26. The molecule has 1 heterocycles. The van der Waals surface area contributed by atoms with Gasteiger partial charge in [-0.05, 0) is 44.0 Å². The maximum Gasteiger partial charge on any atom is 0.251 e. The average molecular weight is 274 g/mol. The molecule has 1 saturated heterocycles. The van der Waals surface area contributed by atoms with Crippen LogP contribution in [0.15, 0.2) is 24.3 Å². The predicted molar refractivity (Wildman–Crippen MR) is 79.0 cm³/mol. The number of nitrogens with one attached hydrogen (secondary N) is 2. The Morgan fingerprint density at radius 3 is 2.55 bits per heavy atom. The minimum absolute atomic E-state index is 0.0635. The van der Waals surface area contributed by atoms with Crippen LogP contribution in [0.25, 0.3) is 0 Å². The van der Waals surface area contributed by atoms with Crippen LogP contribution in [-0.4, -0.2) is 31.3 Å². The molecular formula is C16H22N2O2. The van der Waals surface area contributed by atoms with Crippen LogP contribution in [0.5, 0.6) is 0 Å².